The van der Waals surface area contributed by atoms with Crippen LogP contribution in [0.1, 0.15) is 35.7 Å². The van der Waals surface area contributed by atoms with Crippen LogP contribution in [0.5, 0.6) is 5.75 Å². The highest BCUT2D eigenvalue weighted by atomic mass is 19.4. The number of rotatable bonds is 4. The molecule has 33 heavy (non-hydrogen) atoms. The number of piperidine rings is 1. The average Bonchev–Trinajstić information content (AvgIpc) is 3.15. The number of anilines is 2. The van der Waals surface area contributed by atoms with Crippen LogP contribution >= 0.6 is 0 Å². The standard InChI is InChI=1S/C21H25N3O2.C2HF3O2/c1-14-12-16-13-15(2-7-20(16)23-14)21(25)24-17-3-5-18(6-4-17)26-19-8-10-22-11-9-19;3-2(4,5)1(6)7/h2-7,13-14,19,22-23H,8-12H2,1H3,(H,24,25);(H,6,7)/t14-;/m1./s1. The van der Waals surface area contributed by atoms with E-state index < -0.39 is 12.1 Å². The summed E-state index contributed by atoms with van der Waals surface area (Å²) in [5.74, 6) is -1.99. The number of carboxylic acid groups (broad SMARTS) is 1. The van der Waals surface area contributed by atoms with E-state index in [1.54, 1.807) is 0 Å². The van der Waals surface area contributed by atoms with Crippen molar-refractivity contribution in [3.8, 4) is 5.75 Å². The molecular weight excluding hydrogens is 439 g/mol. The number of carbonyl (C=O) groups is 2. The number of amides is 1. The van der Waals surface area contributed by atoms with Crippen LogP contribution in [0.25, 0.3) is 0 Å². The number of benzene rings is 2. The Morgan fingerprint density at radius 2 is 1.73 bits per heavy atom. The molecule has 4 rings (SSSR count). The number of ether oxygens (including phenoxy) is 1. The maximum atomic E-state index is 12.5. The van der Waals surface area contributed by atoms with Crippen molar-refractivity contribution < 1.29 is 32.6 Å². The Bertz CT molecular complexity index is 974. The number of hydrogen-bond donors (Lipinski definition) is 4. The smallest absolute Gasteiger partial charge is 0.490 e. The fourth-order valence-corrected chi connectivity index (χ4v) is 3.62. The molecule has 1 amide bonds. The van der Waals surface area contributed by atoms with Crippen LogP contribution in [0.4, 0.5) is 24.5 Å². The molecule has 0 bridgehead atoms. The summed E-state index contributed by atoms with van der Waals surface area (Å²) in [5.41, 5.74) is 3.80. The largest absolute Gasteiger partial charge is 0.490 e. The normalized spacial score (nSPS) is 17.8. The van der Waals surface area contributed by atoms with E-state index in [1.807, 2.05) is 42.5 Å². The number of carbonyl (C=O) groups excluding carboxylic acids is 1. The van der Waals surface area contributed by atoms with Crippen molar-refractivity contribution in [2.75, 3.05) is 23.7 Å². The van der Waals surface area contributed by atoms with Crippen molar-refractivity contribution in [2.24, 2.45) is 0 Å². The molecule has 4 N–H and O–H groups in total. The molecule has 178 valence electrons. The zero-order valence-electron chi connectivity index (χ0n) is 18.0. The first-order valence-corrected chi connectivity index (χ1v) is 10.6. The first-order valence-electron chi connectivity index (χ1n) is 10.6. The third kappa shape index (κ3) is 7.11. The van der Waals surface area contributed by atoms with Gasteiger partial charge in [-0.15, -0.1) is 0 Å². The highest BCUT2D eigenvalue weighted by Crippen LogP contribution is 2.27. The molecule has 2 aliphatic rings. The summed E-state index contributed by atoms with van der Waals surface area (Å²) in [6.45, 7) is 4.16. The number of fused-ring (bicyclic) bond motifs is 1. The number of halogens is 3. The van der Waals surface area contributed by atoms with E-state index in [1.165, 1.54) is 5.56 Å². The predicted molar refractivity (Wildman–Crippen MR) is 118 cm³/mol. The van der Waals surface area contributed by atoms with E-state index >= 15 is 0 Å². The molecule has 0 unspecified atom stereocenters. The Morgan fingerprint density at radius 1 is 1.09 bits per heavy atom. The van der Waals surface area contributed by atoms with Gasteiger partial charge in [-0.3, -0.25) is 4.79 Å². The summed E-state index contributed by atoms with van der Waals surface area (Å²) in [7, 11) is 0. The fourth-order valence-electron chi connectivity index (χ4n) is 3.62. The van der Waals surface area contributed by atoms with E-state index in [0.717, 1.165) is 49.5 Å². The summed E-state index contributed by atoms with van der Waals surface area (Å²) < 4.78 is 37.7. The molecule has 0 saturated carbocycles. The Kier molecular flexibility index (Phi) is 7.80. The van der Waals surface area contributed by atoms with Gasteiger partial charge in [0.25, 0.3) is 5.91 Å². The Balaban J connectivity index is 0.000000383. The topological polar surface area (TPSA) is 99.7 Å². The molecule has 10 heteroatoms. The van der Waals surface area contributed by atoms with Crippen LogP contribution in [0, 0.1) is 0 Å². The maximum absolute atomic E-state index is 12.5. The molecule has 1 atom stereocenters. The summed E-state index contributed by atoms with van der Waals surface area (Å²) in [6, 6.07) is 13.9. The van der Waals surface area contributed by atoms with Crippen molar-refractivity contribution in [3.63, 3.8) is 0 Å². The lowest BCUT2D eigenvalue weighted by atomic mass is 10.1. The van der Waals surface area contributed by atoms with Gasteiger partial charge >= 0.3 is 12.1 Å². The first-order chi connectivity index (χ1) is 15.6. The maximum Gasteiger partial charge on any atom is 0.490 e. The van der Waals surface area contributed by atoms with Crippen LogP contribution < -0.4 is 20.7 Å². The van der Waals surface area contributed by atoms with Gasteiger partial charge in [0.2, 0.25) is 0 Å². The molecule has 0 spiro atoms. The van der Waals surface area contributed by atoms with Gasteiger partial charge < -0.3 is 25.8 Å². The van der Waals surface area contributed by atoms with E-state index in [-0.39, 0.29) is 12.0 Å². The first kappa shape index (κ1) is 24.4. The quantitative estimate of drug-likeness (QED) is 0.544. The van der Waals surface area contributed by atoms with Gasteiger partial charge in [0.15, 0.2) is 0 Å². The zero-order chi connectivity index (χ0) is 24.0. The molecule has 2 aliphatic heterocycles. The molecule has 7 nitrogen and oxygen atoms in total. The van der Waals surface area contributed by atoms with Gasteiger partial charge in [-0.2, -0.15) is 13.2 Å². The lowest BCUT2D eigenvalue weighted by Crippen LogP contribution is -2.34. The van der Waals surface area contributed by atoms with Gasteiger partial charge in [0.1, 0.15) is 11.9 Å². The third-order valence-electron chi connectivity index (χ3n) is 5.24. The zero-order valence-corrected chi connectivity index (χ0v) is 18.0. The number of hydrogen-bond acceptors (Lipinski definition) is 5. The summed E-state index contributed by atoms with van der Waals surface area (Å²) in [6.07, 6.45) is -1.78. The molecule has 1 fully saturated rings. The predicted octanol–water partition coefficient (Wildman–Crippen LogP) is 4.06. The molecule has 1 saturated heterocycles. The fraction of sp³-hybridized carbons (Fsp3) is 0.391. The molecule has 2 aromatic rings. The van der Waals surface area contributed by atoms with Crippen LogP contribution in [0.3, 0.4) is 0 Å². The summed E-state index contributed by atoms with van der Waals surface area (Å²) >= 11 is 0. The van der Waals surface area contributed by atoms with Gasteiger partial charge in [0.05, 0.1) is 0 Å². The Hall–Kier alpha value is -3.27. The highest BCUT2D eigenvalue weighted by Gasteiger charge is 2.38. The molecule has 0 aliphatic carbocycles. The van der Waals surface area contributed by atoms with Gasteiger partial charge in [-0.05, 0) is 87.3 Å². The second-order valence-corrected chi connectivity index (χ2v) is 7.97. The van der Waals surface area contributed by atoms with Gasteiger partial charge in [0, 0.05) is 23.0 Å². The number of alkyl halides is 3. The van der Waals surface area contributed by atoms with Crippen LogP contribution in [-0.2, 0) is 11.2 Å². The van der Waals surface area contributed by atoms with Crippen molar-refractivity contribution in [1.82, 2.24) is 5.32 Å². The van der Waals surface area contributed by atoms with Crippen molar-refractivity contribution in [2.45, 2.75) is 44.5 Å². The monoisotopic (exact) mass is 465 g/mol. The lowest BCUT2D eigenvalue weighted by molar-refractivity contribution is -0.192. The average molecular weight is 465 g/mol. The van der Waals surface area contributed by atoms with E-state index in [2.05, 4.69) is 22.9 Å². The van der Waals surface area contributed by atoms with Gasteiger partial charge in [-0.1, -0.05) is 0 Å². The van der Waals surface area contributed by atoms with E-state index in [0.29, 0.717) is 11.6 Å². The third-order valence-corrected chi connectivity index (χ3v) is 5.24. The van der Waals surface area contributed by atoms with E-state index in [4.69, 9.17) is 14.6 Å². The minimum absolute atomic E-state index is 0.0839. The SMILES string of the molecule is C[C@@H]1Cc2cc(C(=O)Nc3ccc(OC4CCNCC4)cc3)ccc2N1.O=C(O)C(F)(F)F. The van der Waals surface area contributed by atoms with Crippen LogP contribution in [-0.4, -0.2) is 48.4 Å². The lowest BCUT2D eigenvalue weighted by Gasteiger charge is -2.23. The van der Waals surface area contributed by atoms with Crippen LogP contribution in [0.2, 0.25) is 0 Å². The summed E-state index contributed by atoms with van der Waals surface area (Å²) in [5, 5.41) is 16.8. The van der Waals surface area contributed by atoms with Crippen molar-refractivity contribution in [1.29, 1.82) is 0 Å². The second-order valence-electron chi connectivity index (χ2n) is 7.97. The van der Waals surface area contributed by atoms with Gasteiger partial charge in [-0.25, -0.2) is 4.79 Å². The molecular formula is C23H26F3N3O4. The van der Waals surface area contributed by atoms with Crippen molar-refractivity contribution in [3.05, 3.63) is 53.6 Å². The number of carboxylic acids is 1. The number of nitrogens with one attached hydrogen (secondary N) is 3. The molecule has 2 heterocycles. The minimum Gasteiger partial charge on any atom is -0.490 e. The van der Waals surface area contributed by atoms with Crippen molar-refractivity contribution >= 4 is 23.3 Å². The van der Waals surface area contributed by atoms with Crippen LogP contribution in [0.15, 0.2) is 42.5 Å². The summed E-state index contributed by atoms with van der Waals surface area (Å²) in [4.78, 5) is 21.4. The second kappa shape index (κ2) is 10.6. The Morgan fingerprint density at radius 3 is 2.33 bits per heavy atom. The molecule has 0 radical (unpaired) electrons. The molecule has 2 aromatic carbocycles. The molecule has 0 aromatic heterocycles. The Labute approximate surface area is 189 Å². The minimum atomic E-state index is -5.08. The number of aliphatic carboxylic acids is 1. The highest BCUT2D eigenvalue weighted by molar-refractivity contribution is 6.04. The van der Waals surface area contributed by atoms with E-state index in [9.17, 15) is 18.0 Å².